The van der Waals surface area contributed by atoms with Gasteiger partial charge in [0.2, 0.25) is 0 Å². The maximum Gasteiger partial charge on any atom is 0.143 e. The van der Waals surface area contributed by atoms with Crippen LogP contribution in [0.25, 0.3) is 0 Å². The van der Waals surface area contributed by atoms with E-state index in [4.69, 9.17) is 10.00 Å². The van der Waals surface area contributed by atoms with Crippen molar-refractivity contribution in [3.63, 3.8) is 0 Å². The molecule has 0 saturated heterocycles. The molecule has 0 spiro atoms. The van der Waals surface area contributed by atoms with E-state index in [1.54, 1.807) is 0 Å². The van der Waals surface area contributed by atoms with Gasteiger partial charge in [0.1, 0.15) is 11.4 Å². The first-order chi connectivity index (χ1) is 8.48. The maximum absolute atomic E-state index is 9.18. The molecule has 1 N–H and O–H groups in total. The third kappa shape index (κ3) is 4.34. The first kappa shape index (κ1) is 14.5. The van der Waals surface area contributed by atoms with Gasteiger partial charge in [-0.05, 0) is 45.7 Å². The van der Waals surface area contributed by atoms with E-state index in [1.165, 1.54) is 0 Å². The Balaban J connectivity index is 2.47. The zero-order valence-electron chi connectivity index (χ0n) is 11.2. The summed E-state index contributed by atoms with van der Waals surface area (Å²) in [5.74, 6) is 0.623. The third-order valence-electron chi connectivity index (χ3n) is 2.73. The van der Waals surface area contributed by atoms with Crippen LogP contribution in [0, 0.1) is 23.7 Å². The summed E-state index contributed by atoms with van der Waals surface area (Å²) < 4.78 is 5.59. The number of hydrogen-bond donors (Lipinski definition) is 1. The Bertz CT molecular complexity index is 436. The van der Waals surface area contributed by atoms with Crippen molar-refractivity contribution in [1.82, 2.24) is 4.98 Å². The summed E-state index contributed by atoms with van der Waals surface area (Å²) in [6.45, 7) is 6.11. The van der Waals surface area contributed by atoms with Gasteiger partial charge in [-0.25, -0.2) is 0 Å². The van der Waals surface area contributed by atoms with Gasteiger partial charge in [0, 0.05) is 5.69 Å². The fraction of sp³-hybridized carbons (Fsp3) is 0.571. The number of nitriles is 1. The van der Waals surface area contributed by atoms with Gasteiger partial charge in [-0.1, -0.05) is 0 Å². The smallest absolute Gasteiger partial charge is 0.143 e. The molecule has 1 aromatic heterocycles. The second kappa shape index (κ2) is 6.36. The molecule has 0 unspecified atom stereocenters. The van der Waals surface area contributed by atoms with Crippen molar-refractivity contribution < 1.29 is 9.84 Å². The van der Waals surface area contributed by atoms with E-state index in [0.29, 0.717) is 18.1 Å². The highest BCUT2D eigenvalue weighted by atomic mass is 16.5. The number of nitrogens with zero attached hydrogens (tertiary/aromatic N) is 2. The molecule has 0 aliphatic rings. The Morgan fingerprint density at radius 3 is 2.78 bits per heavy atom. The first-order valence-electron chi connectivity index (χ1n) is 6.10. The van der Waals surface area contributed by atoms with Gasteiger partial charge in [0.25, 0.3) is 0 Å². The minimum absolute atomic E-state index is 0.124. The Morgan fingerprint density at radius 2 is 2.17 bits per heavy atom. The van der Waals surface area contributed by atoms with Gasteiger partial charge in [-0.2, -0.15) is 5.26 Å². The molecule has 4 nitrogen and oxygen atoms in total. The van der Waals surface area contributed by atoms with Crippen LogP contribution in [0.3, 0.4) is 0 Å². The van der Waals surface area contributed by atoms with Crippen LogP contribution in [-0.4, -0.2) is 16.7 Å². The first-order valence-corrected chi connectivity index (χ1v) is 6.10. The topological polar surface area (TPSA) is 66.1 Å². The van der Waals surface area contributed by atoms with Crippen LogP contribution in [-0.2, 0) is 6.61 Å². The number of aliphatic hydroxyl groups excluding tert-OH is 1. The standard InChI is InChI=1S/C14H20N2O2/c1-11-5-6-13(12(9-17)16-11)18-8-4-7-14(2,3)10-15/h5-6,17H,4,7-9H2,1-3H3. The van der Waals surface area contributed by atoms with E-state index >= 15 is 0 Å². The van der Waals surface area contributed by atoms with E-state index in [1.807, 2.05) is 32.9 Å². The van der Waals surface area contributed by atoms with Gasteiger partial charge in [0.05, 0.1) is 24.7 Å². The lowest BCUT2D eigenvalue weighted by atomic mass is 9.90. The van der Waals surface area contributed by atoms with Crippen molar-refractivity contribution >= 4 is 0 Å². The van der Waals surface area contributed by atoms with Crippen molar-refractivity contribution in [2.45, 2.75) is 40.2 Å². The summed E-state index contributed by atoms with van der Waals surface area (Å²) in [6.07, 6.45) is 1.59. The summed E-state index contributed by atoms with van der Waals surface area (Å²) in [7, 11) is 0. The maximum atomic E-state index is 9.18. The Labute approximate surface area is 108 Å². The lowest BCUT2D eigenvalue weighted by Gasteiger charge is -2.15. The van der Waals surface area contributed by atoms with E-state index < -0.39 is 0 Å². The molecule has 1 heterocycles. The normalized spacial score (nSPS) is 11.1. The molecule has 18 heavy (non-hydrogen) atoms. The van der Waals surface area contributed by atoms with Crippen molar-refractivity contribution in [3.05, 3.63) is 23.5 Å². The minimum atomic E-state index is -0.311. The number of rotatable bonds is 6. The van der Waals surface area contributed by atoms with Gasteiger partial charge < -0.3 is 9.84 Å². The summed E-state index contributed by atoms with van der Waals surface area (Å²) in [5.41, 5.74) is 1.11. The molecule has 0 aliphatic carbocycles. The quantitative estimate of drug-likeness (QED) is 0.786. The predicted molar refractivity (Wildman–Crippen MR) is 69.0 cm³/mol. The molecular weight excluding hydrogens is 228 g/mol. The molecular formula is C14H20N2O2. The number of aromatic nitrogens is 1. The zero-order chi connectivity index (χ0) is 13.6. The number of pyridine rings is 1. The van der Waals surface area contributed by atoms with Crippen LogP contribution in [0.1, 0.15) is 38.1 Å². The number of aliphatic hydroxyl groups is 1. The van der Waals surface area contributed by atoms with E-state index in [-0.39, 0.29) is 12.0 Å². The van der Waals surface area contributed by atoms with Crippen LogP contribution in [0.15, 0.2) is 12.1 Å². The van der Waals surface area contributed by atoms with Gasteiger partial charge in [-0.3, -0.25) is 4.98 Å². The summed E-state index contributed by atoms with van der Waals surface area (Å²) in [4.78, 5) is 4.21. The monoisotopic (exact) mass is 248 g/mol. The fourth-order valence-electron chi connectivity index (χ4n) is 1.59. The van der Waals surface area contributed by atoms with Crippen molar-refractivity contribution in [1.29, 1.82) is 5.26 Å². The SMILES string of the molecule is Cc1ccc(OCCCC(C)(C)C#N)c(CO)n1. The van der Waals surface area contributed by atoms with Gasteiger partial charge >= 0.3 is 0 Å². The third-order valence-corrected chi connectivity index (χ3v) is 2.73. The van der Waals surface area contributed by atoms with Crippen LogP contribution in [0.2, 0.25) is 0 Å². The molecule has 0 fully saturated rings. The molecule has 1 rings (SSSR count). The van der Waals surface area contributed by atoms with Crippen molar-refractivity contribution in [2.24, 2.45) is 5.41 Å². The molecule has 0 aromatic carbocycles. The molecule has 0 radical (unpaired) electrons. The molecule has 0 saturated carbocycles. The second-order valence-electron chi connectivity index (χ2n) is 5.00. The molecule has 0 aliphatic heterocycles. The Morgan fingerprint density at radius 1 is 1.44 bits per heavy atom. The van der Waals surface area contributed by atoms with E-state index in [2.05, 4.69) is 11.1 Å². The number of ether oxygens (including phenoxy) is 1. The summed E-state index contributed by atoms with van der Waals surface area (Å²) >= 11 is 0. The highest BCUT2D eigenvalue weighted by Gasteiger charge is 2.15. The Hall–Kier alpha value is -1.60. The van der Waals surface area contributed by atoms with Crippen LogP contribution in [0.5, 0.6) is 5.75 Å². The fourth-order valence-corrected chi connectivity index (χ4v) is 1.59. The molecule has 0 atom stereocenters. The van der Waals surface area contributed by atoms with E-state index in [9.17, 15) is 5.11 Å². The van der Waals surface area contributed by atoms with Crippen LogP contribution < -0.4 is 4.74 Å². The largest absolute Gasteiger partial charge is 0.492 e. The van der Waals surface area contributed by atoms with Crippen molar-refractivity contribution in [3.8, 4) is 11.8 Å². The van der Waals surface area contributed by atoms with Gasteiger partial charge in [0.15, 0.2) is 0 Å². The highest BCUT2D eigenvalue weighted by Crippen LogP contribution is 2.22. The zero-order valence-corrected chi connectivity index (χ0v) is 11.2. The molecule has 4 heteroatoms. The van der Waals surface area contributed by atoms with E-state index in [0.717, 1.165) is 18.5 Å². The second-order valence-corrected chi connectivity index (χ2v) is 5.00. The lowest BCUT2D eigenvalue weighted by molar-refractivity contribution is 0.249. The predicted octanol–water partition coefficient (Wildman–Crippen LogP) is 2.59. The van der Waals surface area contributed by atoms with Crippen LogP contribution in [0.4, 0.5) is 0 Å². The number of hydrogen-bond acceptors (Lipinski definition) is 4. The van der Waals surface area contributed by atoms with Crippen LogP contribution >= 0.6 is 0 Å². The minimum Gasteiger partial charge on any atom is -0.492 e. The highest BCUT2D eigenvalue weighted by molar-refractivity contribution is 5.28. The number of aryl methyl sites for hydroxylation is 1. The molecule has 1 aromatic rings. The summed E-state index contributed by atoms with van der Waals surface area (Å²) in [6, 6.07) is 5.94. The molecule has 98 valence electrons. The van der Waals surface area contributed by atoms with Crippen molar-refractivity contribution in [2.75, 3.05) is 6.61 Å². The van der Waals surface area contributed by atoms with Gasteiger partial charge in [-0.15, -0.1) is 0 Å². The Kier molecular flexibility index (Phi) is 5.11. The molecule has 0 bridgehead atoms. The lowest BCUT2D eigenvalue weighted by Crippen LogP contribution is -2.10. The summed E-state index contributed by atoms with van der Waals surface area (Å²) in [5, 5.41) is 18.1. The average molecular weight is 248 g/mol. The average Bonchev–Trinajstić information content (AvgIpc) is 2.36. The molecule has 0 amide bonds.